The summed E-state index contributed by atoms with van der Waals surface area (Å²) in [6.07, 6.45) is 5.64. The molecule has 0 aromatic heterocycles. The average molecular weight is 408 g/mol. The van der Waals surface area contributed by atoms with Crippen LogP contribution in [0.3, 0.4) is 0 Å². The Kier molecular flexibility index (Phi) is 10.4. The minimum Gasteiger partial charge on any atom is -0.469 e. The SMILES string of the molecule is COC(=O)CCCC(=O)/C=C/C=C/C=C/C(=O)CCc1cccc(C(F)(F)F)c1. The van der Waals surface area contributed by atoms with Crippen LogP contribution in [-0.4, -0.2) is 24.6 Å². The number of benzene rings is 1. The first-order valence-corrected chi connectivity index (χ1v) is 9.02. The van der Waals surface area contributed by atoms with E-state index in [1.54, 1.807) is 18.2 Å². The summed E-state index contributed by atoms with van der Waals surface area (Å²) in [4.78, 5) is 34.2. The number of halogens is 3. The highest BCUT2D eigenvalue weighted by molar-refractivity contribution is 5.90. The largest absolute Gasteiger partial charge is 0.469 e. The van der Waals surface area contributed by atoms with E-state index in [2.05, 4.69) is 4.74 Å². The van der Waals surface area contributed by atoms with Crippen molar-refractivity contribution in [2.75, 3.05) is 7.11 Å². The van der Waals surface area contributed by atoms with Crippen LogP contribution < -0.4 is 0 Å². The molecule has 0 unspecified atom stereocenters. The molecule has 0 amide bonds. The number of aryl methyl sites for hydroxylation is 1. The molecule has 0 N–H and O–H groups in total. The minimum absolute atomic E-state index is 0.0974. The summed E-state index contributed by atoms with van der Waals surface area (Å²) in [5.41, 5.74) is -0.279. The van der Waals surface area contributed by atoms with Crippen molar-refractivity contribution in [3.8, 4) is 0 Å². The van der Waals surface area contributed by atoms with Gasteiger partial charge in [-0.2, -0.15) is 13.2 Å². The van der Waals surface area contributed by atoms with Crippen LogP contribution in [0.1, 0.15) is 36.8 Å². The predicted molar refractivity (Wildman–Crippen MR) is 103 cm³/mol. The Labute approximate surface area is 167 Å². The highest BCUT2D eigenvalue weighted by Crippen LogP contribution is 2.29. The van der Waals surface area contributed by atoms with Crippen molar-refractivity contribution < 1.29 is 32.3 Å². The Bertz CT molecular complexity index is 789. The molecule has 0 saturated carbocycles. The fraction of sp³-hybridized carbons (Fsp3) is 0.318. The molecule has 0 saturated heterocycles. The summed E-state index contributed by atoms with van der Waals surface area (Å²) < 4.78 is 42.5. The molecule has 29 heavy (non-hydrogen) atoms. The highest BCUT2D eigenvalue weighted by atomic mass is 19.4. The van der Waals surface area contributed by atoms with Crippen LogP contribution in [0.25, 0.3) is 0 Å². The molecule has 7 heteroatoms. The third-order valence-electron chi connectivity index (χ3n) is 3.84. The summed E-state index contributed by atoms with van der Waals surface area (Å²) in [5, 5.41) is 0. The minimum atomic E-state index is -4.40. The van der Waals surface area contributed by atoms with Gasteiger partial charge < -0.3 is 4.74 Å². The summed E-state index contributed by atoms with van der Waals surface area (Å²) >= 11 is 0. The number of ether oxygens (including phenoxy) is 1. The van der Waals surface area contributed by atoms with Gasteiger partial charge in [-0.3, -0.25) is 14.4 Å². The third-order valence-corrected chi connectivity index (χ3v) is 3.84. The Morgan fingerprint density at radius 1 is 0.931 bits per heavy atom. The van der Waals surface area contributed by atoms with Gasteiger partial charge in [0.25, 0.3) is 0 Å². The number of alkyl halides is 3. The lowest BCUT2D eigenvalue weighted by molar-refractivity contribution is -0.141. The van der Waals surface area contributed by atoms with Crippen LogP contribution in [0.15, 0.2) is 60.7 Å². The number of methoxy groups -OCH3 is 1. The van der Waals surface area contributed by atoms with Crippen LogP contribution >= 0.6 is 0 Å². The van der Waals surface area contributed by atoms with Gasteiger partial charge in [0.2, 0.25) is 0 Å². The van der Waals surface area contributed by atoms with Crippen molar-refractivity contribution >= 4 is 17.5 Å². The zero-order valence-electron chi connectivity index (χ0n) is 16.1. The number of carbonyl (C=O) groups is 3. The number of ketones is 2. The average Bonchev–Trinajstić information content (AvgIpc) is 2.68. The highest BCUT2D eigenvalue weighted by Gasteiger charge is 2.30. The maximum Gasteiger partial charge on any atom is 0.416 e. The Hall–Kier alpha value is -2.96. The zero-order valence-corrected chi connectivity index (χ0v) is 16.1. The van der Waals surface area contributed by atoms with Crippen LogP contribution in [0.2, 0.25) is 0 Å². The van der Waals surface area contributed by atoms with Gasteiger partial charge in [0.1, 0.15) is 0 Å². The van der Waals surface area contributed by atoms with Crippen LogP contribution in [0.5, 0.6) is 0 Å². The van der Waals surface area contributed by atoms with Crippen molar-refractivity contribution in [3.63, 3.8) is 0 Å². The second-order valence-corrected chi connectivity index (χ2v) is 6.16. The Morgan fingerprint density at radius 3 is 2.14 bits per heavy atom. The molecule has 0 radical (unpaired) electrons. The fourth-order valence-electron chi connectivity index (χ4n) is 2.30. The van der Waals surface area contributed by atoms with Gasteiger partial charge in [-0.15, -0.1) is 0 Å². The van der Waals surface area contributed by atoms with E-state index in [0.717, 1.165) is 12.1 Å². The van der Waals surface area contributed by atoms with E-state index in [1.165, 1.54) is 37.5 Å². The molecular formula is C22H23F3O4. The molecule has 1 aromatic carbocycles. The lowest BCUT2D eigenvalue weighted by Crippen LogP contribution is -2.05. The van der Waals surface area contributed by atoms with Crippen molar-refractivity contribution in [3.05, 3.63) is 71.8 Å². The summed E-state index contributed by atoms with van der Waals surface area (Å²) in [6.45, 7) is 0. The summed E-state index contributed by atoms with van der Waals surface area (Å²) in [5.74, 6) is -0.695. The molecule has 0 aliphatic carbocycles. The fourth-order valence-corrected chi connectivity index (χ4v) is 2.30. The van der Waals surface area contributed by atoms with E-state index in [1.807, 2.05) is 0 Å². The van der Waals surface area contributed by atoms with Gasteiger partial charge in [-0.25, -0.2) is 0 Å². The van der Waals surface area contributed by atoms with Crippen LogP contribution in [0, 0.1) is 0 Å². The van der Waals surface area contributed by atoms with E-state index >= 15 is 0 Å². The first-order valence-electron chi connectivity index (χ1n) is 9.02. The first-order chi connectivity index (χ1) is 13.7. The van der Waals surface area contributed by atoms with Gasteiger partial charge in [-0.05, 0) is 36.6 Å². The molecular weight excluding hydrogens is 385 g/mol. The molecule has 0 fully saturated rings. The van der Waals surface area contributed by atoms with E-state index < -0.39 is 11.7 Å². The maximum atomic E-state index is 12.7. The van der Waals surface area contributed by atoms with Crippen molar-refractivity contribution in [1.82, 2.24) is 0 Å². The van der Waals surface area contributed by atoms with Crippen LogP contribution in [0.4, 0.5) is 13.2 Å². The number of esters is 1. The normalized spacial score (nSPS) is 12.1. The van der Waals surface area contributed by atoms with Crippen molar-refractivity contribution in [2.24, 2.45) is 0 Å². The Balaban J connectivity index is 2.34. The molecule has 156 valence electrons. The molecule has 1 rings (SSSR count). The molecule has 0 bridgehead atoms. The summed E-state index contributed by atoms with van der Waals surface area (Å²) in [7, 11) is 1.29. The molecule has 0 aliphatic rings. The Morgan fingerprint density at radius 2 is 1.55 bits per heavy atom. The lowest BCUT2D eigenvalue weighted by atomic mass is 10.0. The number of hydrogen-bond donors (Lipinski definition) is 0. The number of allylic oxidation sites excluding steroid dienone is 6. The molecule has 4 nitrogen and oxygen atoms in total. The zero-order chi connectivity index (χ0) is 21.7. The monoisotopic (exact) mass is 408 g/mol. The van der Waals surface area contributed by atoms with E-state index in [4.69, 9.17) is 0 Å². The van der Waals surface area contributed by atoms with Gasteiger partial charge in [0.05, 0.1) is 12.7 Å². The first kappa shape index (κ1) is 24.1. The summed E-state index contributed by atoms with van der Waals surface area (Å²) in [6, 6.07) is 4.92. The predicted octanol–water partition coefficient (Wildman–Crippen LogP) is 4.79. The van der Waals surface area contributed by atoms with Crippen molar-refractivity contribution in [1.29, 1.82) is 0 Å². The van der Waals surface area contributed by atoms with Gasteiger partial charge in [0.15, 0.2) is 11.6 Å². The second-order valence-electron chi connectivity index (χ2n) is 6.16. The standard InChI is InChI=1S/C22H23F3O4/c1-29-21(28)13-7-12-19(26)10-4-2-3-5-11-20(27)15-14-17-8-6-9-18(16-17)22(23,24)25/h2-6,8-11,16H,7,12-15H2,1H3/b3-2+,10-4+,11-5+. The van der Waals surface area contributed by atoms with Gasteiger partial charge >= 0.3 is 12.1 Å². The van der Waals surface area contributed by atoms with E-state index in [-0.39, 0.29) is 43.2 Å². The second kappa shape index (κ2) is 12.5. The number of hydrogen-bond acceptors (Lipinski definition) is 4. The third kappa shape index (κ3) is 10.8. The number of rotatable bonds is 11. The number of carbonyl (C=O) groups excluding carboxylic acids is 3. The molecule has 0 heterocycles. The van der Waals surface area contributed by atoms with Gasteiger partial charge in [0, 0.05) is 19.3 Å². The van der Waals surface area contributed by atoms with E-state index in [9.17, 15) is 27.6 Å². The molecule has 0 aliphatic heterocycles. The van der Waals surface area contributed by atoms with Crippen LogP contribution in [-0.2, 0) is 31.7 Å². The molecule has 1 aromatic rings. The molecule has 0 spiro atoms. The quantitative estimate of drug-likeness (QED) is 0.300. The maximum absolute atomic E-state index is 12.7. The van der Waals surface area contributed by atoms with E-state index in [0.29, 0.717) is 12.0 Å². The van der Waals surface area contributed by atoms with Crippen molar-refractivity contribution in [2.45, 2.75) is 38.3 Å². The topological polar surface area (TPSA) is 60.4 Å². The van der Waals surface area contributed by atoms with Gasteiger partial charge in [-0.1, -0.05) is 42.5 Å². The smallest absolute Gasteiger partial charge is 0.416 e. The lowest BCUT2D eigenvalue weighted by Gasteiger charge is -2.08. The molecule has 0 atom stereocenters.